The number of pyridine rings is 1. The Kier molecular flexibility index (Phi) is 7.58. The fourth-order valence-electron chi connectivity index (χ4n) is 4.11. The lowest BCUT2D eigenvalue weighted by Gasteiger charge is -2.15. The topological polar surface area (TPSA) is 69.0 Å². The van der Waals surface area contributed by atoms with E-state index < -0.39 is 0 Å². The molecule has 34 heavy (non-hydrogen) atoms. The van der Waals surface area contributed by atoms with E-state index >= 15 is 0 Å². The second kappa shape index (κ2) is 11.0. The van der Waals surface area contributed by atoms with Gasteiger partial charge >= 0.3 is 0 Å². The number of hydrogen-bond donors (Lipinski definition) is 1. The van der Waals surface area contributed by atoms with Gasteiger partial charge in [-0.3, -0.25) is 9.78 Å². The molecule has 4 aromatic rings. The Hall–Kier alpha value is -3.67. The Morgan fingerprint density at radius 3 is 2.68 bits per heavy atom. The van der Waals surface area contributed by atoms with Gasteiger partial charge in [0.05, 0.1) is 17.6 Å². The van der Waals surface area contributed by atoms with E-state index in [0.29, 0.717) is 31.1 Å². The van der Waals surface area contributed by atoms with Gasteiger partial charge in [-0.25, -0.2) is 4.98 Å². The molecule has 2 aromatic carbocycles. The van der Waals surface area contributed by atoms with E-state index in [1.54, 1.807) is 24.5 Å². The Morgan fingerprint density at radius 1 is 1.09 bits per heavy atom. The molecule has 6 heteroatoms. The van der Waals surface area contributed by atoms with Crippen LogP contribution >= 0.6 is 0 Å². The number of nitrogens with zero attached hydrogens (tertiary/aromatic N) is 3. The molecule has 2 heterocycles. The molecule has 6 nitrogen and oxygen atoms in total. The third kappa shape index (κ3) is 5.63. The van der Waals surface area contributed by atoms with Crippen LogP contribution in [-0.2, 0) is 13.0 Å². The van der Waals surface area contributed by atoms with E-state index in [4.69, 9.17) is 9.72 Å². The number of rotatable bonds is 10. The molecule has 0 fully saturated rings. The summed E-state index contributed by atoms with van der Waals surface area (Å²) in [7, 11) is 0. The second-order valence-electron chi connectivity index (χ2n) is 8.81. The minimum absolute atomic E-state index is 0.0995. The lowest BCUT2D eigenvalue weighted by Crippen LogP contribution is -2.26. The first-order chi connectivity index (χ1) is 16.5. The highest BCUT2D eigenvalue weighted by Crippen LogP contribution is 2.27. The Balaban J connectivity index is 1.40. The van der Waals surface area contributed by atoms with Crippen molar-refractivity contribution >= 4 is 16.9 Å². The zero-order valence-electron chi connectivity index (χ0n) is 20.1. The van der Waals surface area contributed by atoms with Gasteiger partial charge in [0, 0.05) is 37.5 Å². The zero-order valence-corrected chi connectivity index (χ0v) is 20.1. The Morgan fingerprint density at radius 2 is 1.88 bits per heavy atom. The van der Waals surface area contributed by atoms with E-state index in [-0.39, 0.29) is 5.91 Å². The second-order valence-corrected chi connectivity index (χ2v) is 8.81. The van der Waals surface area contributed by atoms with Crippen LogP contribution < -0.4 is 10.1 Å². The molecule has 0 unspecified atom stereocenters. The molecule has 0 aliphatic heterocycles. The first-order valence-corrected chi connectivity index (χ1v) is 11.9. The zero-order chi connectivity index (χ0) is 23.9. The number of imidazole rings is 1. The van der Waals surface area contributed by atoms with Crippen LogP contribution in [0.2, 0.25) is 0 Å². The maximum Gasteiger partial charge on any atom is 0.251 e. The summed E-state index contributed by atoms with van der Waals surface area (Å²) in [4.78, 5) is 21.1. The summed E-state index contributed by atoms with van der Waals surface area (Å²) >= 11 is 0. The molecule has 0 atom stereocenters. The number of hydrogen-bond acceptors (Lipinski definition) is 4. The number of ether oxygens (including phenoxy) is 1. The highest BCUT2D eigenvalue weighted by Gasteiger charge is 2.12. The normalized spacial score (nSPS) is 11.2. The summed E-state index contributed by atoms with van der Waals surface area (Å²) < 4.78 is 8.44. The molecule has 0 saturated carbocycles. The van der Waals surface area contributed by atoms with Gasteiger partial charge in [-0.2, -0.15) is 0 Å². The molecule has 1 amide bonds. The minimum Gasteiger partial charge on any atom is -0.493 e. The monoisotopic (exact) mass is 456 g/mol. The average molecular weight is 457 g/mol. The molecule has 0 aliphatic carbocycles. The smallest absolute Gasteiger partial charge is 0.251 e. The third-order valence-corrected chi connectivity index (χ3v) is 5.88. The predicted molar refractivity (Wildman–Crippen MR) is 135 cm³/mol. The highest BCUT2D eigenvalue weighted by molar-refractivity contribution is 5.93. The molecule has 0 spiro atoms. The Labute approximate surface area is 201 Å². The van der Waals surface area contributed by atoms with Crippen molar-refractivity contribution in [1.29, 1.82) is 0 Å². The predicted octanol–water partition coefficient (Wildman–Crippen LogP) is 5.30. The summed E-state index contributed by atoms with van der Waals surface area (Å²) in [6, 6.07) is 18.0. The van der Waals surface area contributed by atoms with Crippen molar-refractivity contribution in [2.45, 2.75) is 46.1 Å². The van der Waals surface area contributed by atoms with Gasteiger partial charge in [-0.1, -0.05) is 38.1 Å². The fraction of sp³-hybridized carbons (Fsp3) is 0.321. The van der Waals surface area contributed by atoms with Crippen molar-refractivity contribution in [3.8, 4) is 5.75 Å². The molecule has 4 rings (SSSR count). The van der Waals surface area contributed by atoms with Crippen molar-refractivity contribution in [1.82, 2.24) is 19.9 Å². The van der Waals surface area contributed by atoms with E-state index in [1.807, 2.05) is 18.2 Å². The van der Waals surface area contributed by atoms with Crippen molar-refractivity contribution in [2.75, 3.05) is 13.2 Å². The van der Waals surface area contributed by atoms with Crippen LogP contribution in [0.1, 0.15) is 53.5 Å². The average Bonchev–Trinajstić information content (AvgIpc) is 3.19. The summed E-state index contributed by atoms with van der Waals surface area (Å²) in [5, 5.41) is 2.99. The van der Waals surface area contributed by atoms with Crippen molar-refractivity contribution in [3.05, 3.63) is 89.5 Å². The highest BCUT2D eigenvalue weighted by atomic mass is 16.5. The molecular weight excluding hydrogens is 424 g/mol. The van der Waals surface area contributed by atoms with Gasteiger partial charge in [0.25, 0.3) is 5.91 Å². The van der Waals surface area contributed by atoms with Crippen LogP contribution in [0, 0.1) is 6.92 Å². The quantitative estimate of drug-likeness (QED) is 0.329. The molecule has 176 valence electrons. The van der Waals surface area contributed by atoms with Crippen LogP contribution in [-0.4, -0.2) is 33.6 Å². The fourth-order valence-corrected chi connectivity index (χ4v) is 4.11. The van der Waals surface area contributed by atoms with Gasteiger partial charge in [-0.05, 0) is 60.7 Å². The molecule has 0 radical (unpaired) electrons. The SMILES string of the molecule is Cc1ccc(C(C)C)c(OCCCn2c(CCNC(=O)c3ccncc3)nc3ccccc32)c1. The molecule has 0 saturated heterocycles. The van der Waals surface area contributed by atoms with E-state index in [0.717, 1.165) is 35.6 Å². The number of benzene rings is 2. The molecule has 1 N–H and O–H groups in total. The maximum atomic E-state index is 12.4. The first kappa shape index (κ1) is 23.5. The molecule has 0 bridgehead atoms. The van der Waals surface area contributed by atoms with Gasteiger partial charge in [0.2, 0.25) is 0 Å². The largest absolute Gasteiger partial charge is 0.493 e. The van der Waals surface area contributed by atoms with Crippen molar-refractivity contribution < 1.29 is 9.53 Å². The lowest BCUT2D eigenvalue weighted by atomic mass is 10.0. The van der Waals surface area contributed by atoms with Crippen LogP contribution in [0.5, 0.6) is 5.75 Å². The van der Waals surface area contributed by atoms with E-state index in [9.17, 15) is 4.79 Å². The van der Waals surface area contributed by atoms with E-state index in [1.165, 1.54) is 11.1 Å². The van der Waals surface area contributed by atoms with Crippen LogP contribution in [0.15, 0.2) is 67.0 Å². The van der Waals surface area contributed by atoms with Gasteiger partial charge in [0.15, 0.2) is 0 Å². The summed E-state index contributed by atoms with van der Waals surface area (Å²) in [5.41, 5.74) is 5.13. The van der Waals surface area contributed by atoms with Crippen LogP contribution in [0.25, 0.3) is 11.0 Å². The summed E-state index contributed by atoms with van der Waals surface area (Å²) in [6.07, 6.45) is 4.76. The summed E-state index contributed by atoms with van der Waals surface area (Å²) in [6.45, 7) is 8.42. The van der Waals surface area contributed by atoms with Gasteiger partial charge in [-0.15, -0.1) is 0 Å². The number of aryl methyl sites for hydroxylation is 2. The number of fused-ring (bicyclic) bond motifs is 1. The lowest BCUT2D eigenvalue weighted by molar-refractivity contribution is 0.0954. The summed E-state index contributed by atoms with van der Waals surface area (Å²) in [5.74, 6) is 2.26. The number of aromatic nitrogens is 3. The molecule has 0 aliphatic rings. The van der Waals surface area contributed by atoms with E-state index in [2.05, 4.69) is 59.9 Å². The number of para-hydroxylation sites is 2. The maximum absolute atomic E-state index is 12.4. The van der Waals surface area contributed by atoms with Gasteiger partial charge < -0.3 is 14.6 Å². The standard InChI is InChI=1S/C28H32N4O2/c1-20(2)23-10-9-21(3)19-26(23)34-18-6-17-32-25-8-5-4-7-24(25)31-27(32)13-16-30-28(33)22-11-14-29-15-12-22/h4-5,7-12,14-15,19-20H,6,13,16-18H2,1-3H3,(H,30,33). The molecular formula is C28H32N4O2. The molecule has 2 aromatic heterocycles. The number of carbonyl (C=O) groups is 1. The number of amides is 1. The number of carbonyl (C=O) groups excluding carboxylic acids is 1. The third-order valence-electron chi connectivity index (χ3n) is 5.88. The minimum atomic E-state index is -0.0995. The van der Waals surface area contributed by atoms with Crippen molar-refractivity contribution in [2.24, 2.45) is 0 Å². The van der Waals surface area contributed by atoms with Crippen molar-refractivity contribution in [3.63, 3.8) is 0 Å². The van der Waals surface area contributed by atoms with Crippen LogP contribution in [0.4, 0.5) is 0 Å². The first-order valence-electron chi connectivity index (χ1n) is 11.9. The Bertz CT molecular complexity index is 1250. The van der Waals surface area contributed by atoms with Gasteiger partial charge in [0.1, 0.15) is 11.6 Å². The number of nitrogens with one attached hydrogen (secondary N) is 1. The van der Waals surface area contributed by atoms with Crippen LogP contribution in [0.3, 0.4) is 0 Å².